The fourth-order valence-corrected chi connectivity index (χ4v) is 2.81. The van der Waals surface area contributed by atoms with E-state index in [0.717, 1.165) is 13.6 Å². The first-order chi connectivity index (χ1) is 9.52. The molecule has 1 atom stereocenters. The molecule has 0 radical (unpaired) electrons. The van der Waals surface area contributed by atoms with Gasteiger partial charge in [-0.15, -0.1) is 5.10 Å². The first kappa shape index (κ1) is 15.4. The molecular weight excluding hydrogens is 439 g/mol. The molecule has 0 spiro atoms. The highest BCUT2D eigenvalue weighted by Gasteiger charge is 2.21. The molecule has 0 fully saturated rings. The van der Waals surface area contributed by atoms with E-state index in [1.165, 1.54) is 0 Å². The Hall–Kier alpha value is -1.03. The lowest BCUT2D eigenvalue weighted by Gasteiger charge is -2.15. The maximum Gasteiger partial charge on any atom is 0.305 e. The van der Waals surface area contributed by atoms with Gasteiger partial charge in [-0.2, -0.15) is 0 Å². The van der Waals surface area contributed by atoms with Crippen LogP contribution in [0.15, 0.2) is 22.7 Å². The maximum atomic E-state index is 10.9. The average Bonchev–Trinajstić information content (AvgIpc) is 2.87. The summed E-state index contributed by atoms with van der Waals surface area (Å²) in [6.45, 7) is 1.92. The fourth-order valence-electron chi connectivity index (χ4n) is 1.89. The third-order valence-electron chi connectivity index (χ3n) is 2.89. The van der Waals surface area contributed by atoms with Gasteiger partial charge in [-0.1, -0.05) is 22.9 Å². The van der Waals surface area contributed by atoms with Crippen LogP contribution >= 0.6 is 38.5 Å². The summed E-state index contributed by atoms with van der Waals surface area (Å²) in [5.41, 5.74) is 0.853. The van der Waals surface area contributed by atoms with Crippen LogP contribution in [0.2, 0.25) is 0 Å². The van der Waals surface area contributed by atoms with Crippen molar-refractivity contribution >= 4 is 44.5 Å². The largest absolute Gasteiger partial charge is 0.481 e. The number of carboxylic acids is 1. The lowest BCUT2D eigenvalue weighted by Crippen LogP contribution is -2.15. The quantitative estimate of drug-likeness (QED) is 0.707. The smallest absolute Gasteiger partial charge is 0.305 e. The molecule has 1 N–H and O–H groups in total. The van der Waals surface area contributed by atoms with Crippen molar-refractivity contribution in [3.63, 3.8) is 0 Å². The van der Waals surface area contributed by atoms with Crippen LogP contribution in [0.3, 0.4) is 0 Å². The van der Waals surface area contributed by atoms with Gasteiger partial charge < -0.3 is 5.11 Å². The predicted octanol–water partition coefficient (Wildman–Crippen LogP) is 3.13. The third-order valence-corrected chi connectivity index (χ3v) is 4.25. The number of carboxylic acid groups (broad SMARTS) is 1. The summed E-state index contributed by atoms with van der Waals surface area (Å²) < 4.78 is 3.52. The van der Waals surface area contributed by atoms with E-state index in [2.05, 4.69) is 54.0 Å². The number of nitrogens with zero attached hydrogens (tertiary/aromatic N) is 4. The van der Waals surface area contributed by atoms with Crippen LogP contribution in [0.4, 0.5) is 0 Å². The minimum atomic E-state index is -0.861. The molecule has 1 heterocycles. The molecule has 0 aliphatic rings. The van der Waals surface area contributed by atoms with Gasteiger partial charge in [0.05, 0.1) is 12.5 Å². The Morgan fingerprint density at radius 1 is 1.55 bits per heavy atom. The molecule has 0 saturated carbocycles. The SMILES string of the molecule is CCC(CC(=O)O)n1nnnc1-c1cc(I)ccc1Br. The highest BCUT2D eigenvalue weighted by atomic mass is 127. The van der Waals surface area contributed by atoms with Crippen LogP contribution < -0.4 is 0 Å². The van der Waals surface area contributed by atoms with Gasteiger partial charge >= 0.3 is 5.97 Å². The molecule has 0 saturated heterocycles. The Bertz CT molecular complexity index is 632. The summed E-state index contributed by atoms with van der Waals surface area (Å²) in [6.07, 6.45) is 0.641. The highest BCUT2D eigenvalue weighted by Crippen LogP contribution is 2.30. The molecule has 2 rings (SSSR count). The summed E-state index contributed by atoms with van der Waals surface area (Å²) >= 11 is 5.69. The van der Waals surface area contributed by atoms with E-state index >= 15 is 0 Å². The van der Waals surface area contributed by atoms with Crippen LogP contribution in [0.25, 0.3) is 11.4 Å². The lowest BCUT2D eigenvalue weighted by atomic mass is 10.1. The third kappa shape index (κ3) is 3.35. The van der Waals surface area contributed by atoms with Crippen LogP contribution in [0, 0.1) is 3.57 Å². The Kier molecular flexibility index (Phi) is 5.08. The zero-order chi connectivity index (χ0) is 14.7. The van der Waals surface area contributed by atoms with Gasteiger partial charge in [-0.25, -0.2) is 4.68 Å². The normalized spacial score (nSPS) is 12.3. The minimum absolute atomic E-state index is 0.00388. The van der Waals surface area contributed by atoms with E-state index < -0.39 is 5.97 Å². The topological polar surface area (TPSA) is 80.9 Å². The Morgan fingerprint density at radius 3 is 2.95 bits per heavy atom. The second kappa shape index (κ2) is 6.61. The number of halogens is 2. The van der Waals surface area contributed by atoms with E-state index in [-0.39, 0.29) is 12.5 Å². The maximum absolute atomic E-state index is 10.9. The molecule has 8 heteroatoms. The Morgan fingerprint density at radius 2 is 2.30 bits per heavy atom. The number of hydrogen-bond donors (Lipinski definition) is 1. The predicted molar refractivity (Wildman–Crippen MR) is 85.3 cm³/mol. The second-order valence-corrected chi connectivity index (χ2v) is 6.33. The Balaban J connectivity index is 2.46. The zero-order valence-corrected chi connectivity index (χ0v) is 14.4. The van der Waals surface area contributed by atoms with E-state index in [1.807, 2.05) is 25.1 Å². The van der Waals surface area contributed by atoms with Crippen LogP contribution in [0.1, 0.15) is 25.8 Å². The van der Waals surface area contributed by atoms with Crippen molar-refractivity contribution < 1.29 is 9.90 Å². The molecule has 1 unspecified atom stereocenters. The summed E-state index contributed by atoms with van der Waals surface area (Å²) in [7, 11) is 0. The summed E-state index contributed by atoms with van der Waals surface area (Å²) in [5.74, 6) is -0.288. The first-order valence-electron chi connectivity index (χ1n) is 5.98. The average molecular weight is 451 g/mol. The molecule has 0 aliphatic carbocycles. The van der Waals surface area contributed by atoms with Crippen LogP contribution in [0.5, 0.6) is 0 Å². The van der Waals surface area contributed by atoms with Gasteiger partial charge in [0.25, 0.3) is 0 Å². The van der Waals surface area contributed by atoms with Crippen molar-refractivity contribution in [1.82, 2.24) is 20.2 Å². The van der Waals surface area contributed by atoms with Crippen molar-refractivity contribution in [2.24, 2.45) is 0 Å². The molecule has 0 amide bonds. The first-order valence-corrected chi connectivity index (χ1v) is 7.85. The lowest BCUT2D eigenvalue weighted by molar-refractivity contribution is -0.138. The molecular formula is C12H12BrIN4O2. The van der Waals surface area contributed by atoms with Crippen molar-refractivity contribution in [1.29, 1.82) is 0 Å². The summed E-state index contributed by atoms with van der Waals surface area (Å²) in [4.78, 5) is 10.9. The van der Waals surface area contributed by atoms with Gasteiger partial charge in [0.15, 0.2) is 5.82 Å². The highest BCUT2D eigenvalue weighted by molar-refractivity contribution is 14.1. The van der Waals surface area contributed by atoms with E-state index in [4.69, 9.17) is 5.11 Å². The van der Waals surface area contributed by atoms with Crippen molar-refractivity contribution in [3.8, 4) is 11.4 Å². The molecule has 1 aromatic carbocycles. The molecule has 20 heavy (non-hydrogen) atoms. The summed E-state index contributed by atoms with van der Waals surface area (Å²) in [5, 5.41) is 20.7. The van der Waals surface area contributed by atoms with Crippen LogP contribution in [-0.4, -0.2) is 31.3 Å². The minimum Gasteiger partial charge on any atom is -0.481 e. The number of rotatable bonds is 5. The molecule has 106 valence electrons. The monoisotopic (exact) mass is 450 g/mol. The number of tetrazole rings is 1. The van der Waals surface area contributed by atoms with E-state index in [0.29, 0.717) is 12.2 Å². The van der Waals surface area contributed by atoms with Gasteiger partial charge in [0, 0.05) is 13.6 Å². The molecule has 0 bridgehead atoms. The number of hydrogen-bond acceptors (Lipinski definition) is 4. The number of aromatic nitrogens is 4. The van der Waals surface area contributed by atoms with Gasteiger partial charge in [-0.05, 0) is 57.6 Å². The fraction of sp³-hybridized carbons (Fsp3) is 0.333. The Labute approximate surface area is 137 Å². The van der Waals surface area contributed by atoms with Crippen molar-refractivity contribution in [3.05, 3.63) is 26.2 Å². The van der Waals surface area contributed by atoms with Gasteiger partial charge in [0.1, 0.15) is 0 Å². The van der Waals surface area contributed by atoms with Crippen molar-refractivity contribution in [2.75, 3.05) is 0 Å². The van der Waals surface area contributed by atoms with Gasteiger partial charge in [0.2, 0.25) is 0 Å². The zero-order valence-electron chi connectivity index (χ0n) is 10.6. The van der Waals surface area contributed by atoms with Crippen LogP contribution in [-0.2, 0) is 4.79 Å². The number of carbonyl (C=O) groups is 1. The van der Waals surface area contributed by atoms with Crippen molar-refractivity contribution in [2.45, 2.75) is 25.8 Å². The van der Waals surface area contributed by atoms with Gasteiger partial charge in [-0.3, -0.25) is 4.79 Å². The number of aliphatic carboxylic acids is 1. The molecule has 0 aliphatic heterocycles. The number of benzene rings is 1. The van der Waals surface area contributed by atoms with E-state index in [9.17, 15) is 4.79 Å². The molecule has 1 aromatic heterocycles. The molecule has 2 aromatic rings. The molecule has 6 nitrogen and oxygen atoms in total. The van der Waals surface area contributed by atoms with E-state index in [1.54, 1.807) is 4.68 Å². The standard InChI is InChI=1S/C12H12BrIN4O2/c1-2-8(6-11(19)20)18-12(15-16-17-18)9-5-7(14)3-4-10(9)13/h3-5,8H,2,6H2,1H3,(H,19,20). The second-order valence-electron chi connectivity index (χ2n) is 4.23. The summed E-state index contributed by atoms with van der Waals surface area (Å²) in [6, 6.07) is 5.59.